The summed E-state index contributed by atoms with van der Waals surface area (Å²) in [6, 6.07) is 7.73. The summed E-state index contributed by atoms with van der Waals surface area (Å²) < 4.78 is 6.90. The summed E-state index contributed by atoms with van der Waals surface area (Å²) in [6.07, 6.45) is 1.40. The van der Waals surface area contributed by atoms with Crippen molar-refractivity contribution < 1.29 is 9.53 Å². The summed E-state index contributed by atoms with van der Waals surface area (Å²) in [4.78, 5) is 11.9. The zero-order valence-electron chi connectivity index (χ0n) is 12.2. The third-order valence-corrected chi connectivity index (χ3v) is 2.88. The van der Waals surface area contributed by atoms with Crippen molar-refractivity contribution in [3.8, 4) is 11.8 Å². The van der Waals surface area contributed by atoms with Crippen LogP contribution in [0.4, 0.5) is 5.82 Å². The first-order chi connectivity index (χ1) is 9.99. The fraction of sp³-hybridized carbons (Fsp3) is 0.267. The van der Waals surface area contributed by atoms with E-state index in [9.17, 15) is 4.79 Å². The number of nitrogens with one attached hydrogen (secondary N) is 1. The first-order valence-electron chi connectivity index (χ1n) is 6.42. The van der Waals surface area contributed by atoms with E-state index in [1.807, 2.05) is 38.1 Å². The molecule has 0 fully saturated rings. The van der Waals surface area contributed by atoms with Crippen molar-refractivity contribution in [1.82, 2.24) is 9.78 Å². The molecule has 0 bridgehead atoms. The van der Waals surface area contributed by atoms with E-state index >= 15 is 0 Å². The van der Waals surface area contributed by atoms with Gasteiger partial charge in [-0.2, -0.15) is 10.4 Å². The van der Waals surface area contributed by atoms with E-state index in [0.717, 1.165) is 11.1 Å². The first kappa shape index (κ1) is 14.6. The Morgan fingerprint density at radius 2 is 2.05 bits per heavy atom. The Kier molecular flexibility index (Phi) is 4.24. The summed E-state index contributed by atoms with van der Waals surface area (Å²) in [5, 5.41) is 15.5. The molecule has 0 aliphatic heterocycles. The molecule has 2 rings (SSSR count). The molecule has 2 aromatic rings. The average molecular weight is 284 g/mol. The number of ether oxygens (including phenoxy) is 1. The average Bonchev–Trinajstić information content (AvgIpc) is 2.76. The van der Waals surface area contributed by atoms with Gasteiger partial charge in [0, 0.05) is 7.05 Å². The largest absolute Gasteiger partial charge is 0.484 e. The highest BCUT2D eigenvalue weighted by Gasteiger charge is 2.12. The standard InChI is InChI=1S/C15H16N4O2/c1-10-4-11(2)6-13(5-10)21-9-14(20)18-15-12(7-16)8-17-19(15)3/h4-6,8H,9H2,1-3H3,(H,18,20). The van der Waals surface area contributed by atoms with Gasteiger partial charge in [0.1, 0.15) is 23.2 Å². The van der Waals surface area contributed by atoms with Crippen LogP contribution >= 0.6 is 0 Å². The maximum absolute atomic E-state index is 11.9. The van der Waals surface area contributed by atoms with Gasteiger partial charge in [0.2, 0.25) is 0 Å². The molecule has 1 heterocycles. The second-order valence-corrected chi connectivity index (χ2v) is 4.80. The second kappa shape index (κ2) is 6.09. The van der Waals surface area contributed by atoms with Crippen LogP contribution in [0.25, 0.3) is 0 Å². The highest BCUT2D eigenvalue weighted by Crippen LogP contribution is 2.16. The second-order valence-electron chi connectivity index (χ2n) is 4.80. The van der Waals surface area contributed by atoms with Crippen LogP contribution in [0.3, 0.4) is 0 Å². The number of nitriles is 1. The molecule has 0 aliphatic carbocycles. The van der Waals surface area contributed by atoms with E-state index in [0.29, 0.717) is 17.1 Å². The van der Waals surface area contributed by atoms with Gasteiger partial charge in [0.05, 0.1) is 6.20 Å². The van der Waals surface area contributed by atoms with Crippen LogP contribution in [0.2, 0.25) is 0 Å². The lowest BCUT2D eigenvalue weighted by molar-refractivity contribution is -0.118. The molecule has 0 saturated carbocycles. The third kappa shape index (κ3) is 3.60. The number of rotatable bonds is 4. The molecule has 0 unspecified atom stereocenters. The zero-order chi connectivity index (χ0) is 15.4. The number of anilines is 1. The Morgan fingerprint density at radius 1 is 1.38 bits per heavy atom. The normalized spacial score (nSPS) is 10.0. The lowest BCUT2D eigenvalue weighted by atomic mass is 10.1. The number of aryl methyl sites for hydroxylation is 3. The molecule has 1 aromatic heterocycles. The molecule has 1 N–H and O–H groups in total. The van der Waals surface area contributed by atoms with E-state index in [1.165, 1.54) is 10.9 Å². The summed E-state index contributed by atoms with van der Waals surface area (Å²) in [5.74, 6) is 0.675. The van der Waals surface area contributed by atoms with Crippen LogP contribution < -0.4 is 10.1 Å². The number of nitrogens with zero attached hydrogens (tertiary/aromatic N) is 3. The van der Waals surface area contributed by atoms with E-state index < -0.39 is 0 Å². The Labute approximate surface area is 123 Å². The van der Waals surface area contributed by atoms with Gasteiger partial charge in [-0.05, 0) is 37.1 Å². The molecule has 6 nitrogen and oxygen atoms in total. The summed E-state index contributed by atoms with van der Waals surface area (Å²) >= 11 is 0. The van der Waals surface area contributed by atoms with Crippen molar-refractivity contribution in [2.75, 3.05) is 11.9 Å². The fourth-order valence-electron chi connectivity index (χ4n) is 2.00. The number of carbonyl (C=O) groups is 1. The minimum absolute atomic E-state index is 0.126. The van der Waals surface area contributed by atoms with Gasteiger partial charge in [-0.15, -0.1) is 0 Å². The van der Waals surface area contributed by atoms with E-state index in [2.05, 4.69) is 10.4 Å². The number of hydrogen-bond acceptors (Lipinski definition) is 4. The van der Waals surface area contributed by atoms with Gasteiger partial charge in [-0.1, -0.05) is 6.07 Å². The monoisotopic (exact) mass is 284 g/mol. The summed E-state index contributed by atoms with van der Waals surface area (Å²) in [6.45, 7) is 3.81. The molecule has 0 radical (unpaired) electrons. The maximum atomic E-state index is 11.9. The minimum Gasteiger partial charge on any atom is -0.484 e. The molecule has 21 heavy (non-hydrogen) atoms. The quantitative estimate of drug-likeness (QED) is 0.930. The van der Waals surface area contributed by atoms with Crippen LogP contribution in [-0.2, 0) is 11.8 Å². The number of benzene rings is 1. The van der Waals surface area contributed by atoms with Gasteiger partial charge in [0.25, 0.3) is 5.91 Å². The van der Waals surface area contributed by atoms with Crippen LogP contribution in [-0.4, -0.2) is 22.3 Å². The van der Waals surface area contributed by atoms with Crippen molar-refractivity contribution in [3.63, 3.8) is 0 Å². The zero-order valence-corrected chi connectivity index (χ0v) is 12.2. The lowest BCUT2D eigenvalue weighted by Gasteiger charge is -2.09. The van der Waals surface area contributed by atoms with E-state index in [-0.39, 0.29) is 12.5 Å². The van der Waals surface area contributed by atoms with Crippen molar-refractivity contribution in [2.24, 2.45) is 7.05 Å². The van der Waals surface area contributed by atoms with Crippen molar-refractivity contribution >= 4 is 11.7 Å². The third-order valence-electron chi connectivity index (χ3n) is 2.88. The van der Waals surface area contributed by atoms with Crippen molar-refractivity contribution in [2.45, 2.75) is 13.8 Å². The van der Waals surface area contributed by atoms with E-state index in [4.69, 9.17) is 10.00 Å². The fourth-order valence-corrected chi connectivity index (χ4v) is 2.00. The van der Waals surface area contributed by atoms with Gasteiger partial charge < -0.3 is 10.1 Å². The van der Waals surface area contributed by atoms with Gasteiger partial charge in [-0.25, -0.2) is 0 Å². The first-order valence-corrected chi connectivity index (χ1v) is 6.42. The predicted octanol–water partition coefficient (Wildman–Crippen LogP) is 1.93. The molecule has 0 saturated heterocycles. The molecule has 0 atom stereocenters. The van der Waals surface area contributed by atoms with Crippen LogP contribution in [0.1, 0.15) is 16.7 Å². The maximum Gasteiger partial charge on any atom is 0.263 e. The van der Waals surface area contributed by atoms with Crippen LogP contribution in [0.5, 0.6) is 5.75 Å². The molecule has 1 amide bonds. The predicted molar refractivity (Wildman–Crippen MR) is 78.0 cm³/mol. The van der Waals surface area contributed by atoms with E-state index in [1.54, 1.807) is 7.05 Å². The molecular weight excluding hydrogens is 268 g/mol. The number of carbonyl (C=O) groups excluding carboxylic acids is 1. The van der Waals surface area contributed by atoms with Crippen molar-refractivity contribution in [3.05, 3.63) is 41.1 Å². The highest BCUT2D eigenvalue weighted by atomic mass is 16.5. The highest BCUT2D eigenvalue weighted by molar-refractivity contribution is 5.92. The Morgan fingerprint density at radius 3 is 2.67 bits per heavy atom. The van der Waals surface area contributed by atoms with Crippen molar-refractivity contribution in [1.29, 1.82) is 5.26 Å². The Bertz CT molecular complexity index is 693. The SMILES string of the molecule is Cc1cc(C)cc(OCC(=O)Nc2c(C#N)cnn2C)c1. The number of amides is 1. The molecule has 0 spiro atoms. The number of hydrogen-bond donors (Lipinski definition) is 1. The molecule has 0 aliphatic rings. The topological polar surface area (TPSA) is 79.9 Å². The Hall–Kier alpha value is -2.81. The van der Waals surface area contributed by atoms with Gasteiger partial charge in [0.15, 0.2) is 6.61 Å². The van der Waals surface area contributed by atoms with Gasteiger partial charge in [-0.3, -0.25) is 9.48 Å². The Balaban J connectivity index is 1.99. The number of aromatic nitrogens is 2. The molecule has 1 aromatic carbocycles. The summed E-state index contributed by atoms with van der Waals surface area (Å²) in [5.41, 5.74) is 2.46. The smallest absolute Gasteiger partial charge is 0.263 e. The van der Waals surface area contributed by atoms with Gasteiger partial charge >= 0.3 is 0 Å². The van der Waals surface area contributed by atoms with Crippen LogP contribution in [0, 0.1) is 25.2 Å². The summed E-state index contributed by atoms with van der Waals surface area (Å²) in [7, 11) is 1.65. The molecule has 6 heteroatoms. The minimum atomic E-state index is -0.339. The molecule has 108 valence electrons. The lowest BCUT2D eigenvalue weighted by Crippen LogP contribution is -2.22. The van der Waals surface area contributed by atoms with Crippen LogP contribution in [0.15, 0.2) is 24.4 Å². The molecular formula is C15H16N4O2.